The minimum absolute atomic E-state index is 1.04. The van der Waals surface area contributed by atoms with Gasteiger partial charge in [0.2, 0.25) is 0 Å². The van der Waals surface area contributed by atoms with Gasteiger partial charge >= 0.3 is 0 Å². The van der Waals surface area contributed by atoms with Gasteiger partial charge in [-0.1, -0.05) is 36.4 Å². The van der Waals surface area contributed by atoms with E-state index in [-0.39, 0.29) is 0 Å². The highest BCUT2D eigenvalue weighted by molar-refractivity contribution is 5.88. The smallest absolute Gasteiger partial charge is 0.0817 e. The van der Waals surface area contributed by atoms with E-state index in [4.69, 9.17) is 9.98 Å². The molecule has 0 aliphatic carbocycles. The molecule has 2 aliphatic heterocycles. The maximum absolute atomic E-state index is 4.95. The Kier molecular flexibility index (Phi) is 2.11. The van der Waals surface area contributed by atoms with Crippen LogP contribution in [0, 0.1) is 24.3 Å². The van der Waals surface area contributed by atoms with Gasteiger partial charge < -0.3 is 0 Å². The van der Waals surface area contributed by atoms with Crippen LogP contribution in [0.2, 0.25) is 0 Å². The Morgan fingerprint density at radius 2 is 1.50 bits per heavy atom. The van der Waals surface area contributed by atoms with Crippen molar-refractivity contribution >= 4 is 11.4 Å². The number of fused-ring (bicyclic) bond motifs is 6. The van der Waals surface area contributed by atoms with Crippen molar-refractivity contribution in [3.63, 3.8) is 0 Å². The van der Waals surface area contributed by atoms with E-state index in [2.05, 4.69) is 62.4 Å². The average Bonchev–Trinajstić information content (AvgIpc) is 3.07. The predicted molar refractivity (Wildman–Crippen MR) is 87.1 cm³/mol. The van der Waals surface area contributed by atoms with Crippen molar-refractivity contribution in [1.29, 1.82) is 0 Å². The maximum Gasteiger partial charge on any atom is 0.0817 e. The van der Waals surface area contributed by atoms with Crippen molar-refractivity contribution in [3.8, 4) is 11.1 Å². The number of para-hydroxylation sites is 2. The topological polar surface area (TPSA) is 24.7 Å². The molecule has 104 valence electrons. The van der Waals surface area contributed by atoms with Gasteiger partial charge in [0.15, 0.2) is 0 Å². The van der Waals surface area contributed by atoms with Crippen LogP contribution in [-0.2, 0) is 0 Å². The molecular weight excluding hydrogens is 268 g/mol. The first-order chi connectivity index (χ1) is 10.7. The van der Waals surface area contributed by atoms with E-state index in [1.165, 1.54) is 32.7 Å². The first-order valence-electron chi connectivity index (χ1n) is 7.54. The minimum Gasteiger partial charge on any atom is -0.247 e. The lowest BCUT2D eigenvalue weighted by Crippen LogP contribution is -2.04. The molecule has 0 spiro atoms. The fraction of sp³-hybridized carbons (Fsp3) is 0.100. The number of hydrogen-bond donors (Lipinski definition) is 0. The summed E-state index contributed by atoms with van der Waals surface area (Å²) in [5, 5.41) is 4.60. The largest absolute Gasteiger partial charge is 0.247 e. The van der Waals surface area contributed by atoms with E-state index in [9.17, 15) is 0 Å². The van der Waals surface area contributed by atoms with Gasteiger partial charge in [-0.2, -0.15) is 0 Å². The van der Waals surface area contributed by atoms with Crippen molar-refractivity contribution < 1.29 is 0 Å². The van der Waals surface area contributed by atoms with Crippen LogP contribution >= 0.6 is 0 Å². The zero-order valence-corrected chi connectivity index (χ0v) is 12.5. The van der Waals surface area contributed by atoms with Crippen molar-refractivity contribution in [2.24, 2.45) is 9.98 Å². The number of aryl methyl sites for hydroxylation is 2. The number of nitrogens with zero attached hydrogens (tertiary/aromatic N) is 2. The summed E-state index contributed by atoms with van der Waals surface area (Å²) in [6.45, 7) is 4.24. The lowest BCUT2D eigenvalue weighted by Gasteiger charge is -2.04. The molecule has 2 heterocycles. The van der Waals surface area contributed by atoms with Crippen molar-refractivity contribution in [2.45, 2.75) is 13.8 Å². The highest BCUT2D eigenvalue weighted by Gasteiger charge is 2.21. The first-order valence-corrected chi connectivity index (χ1v) is 7.54. The number of benzene rings is 3. The summed E-state index contributed by atoms with van der Waals surface area (Å²) >= 11 is 0. The van der Waals surface area contributed by atoms with Crippen LogP contribution in [0.5, 0.6) is 0 Å². The van der Waals surface area contributed by atoms with E-state index in [0.717, 1.165) is 22.1 Å². The maximum atomic E-state index is 4.95. The third kappa shape index (κ3) is 1.34. The number of rotatable bonds is 0. The molecule has 22 heavy (non-hydrogen) atoms. The Morgan fingerprint density at radius 1 is 0.682 bits per heavy atom. The fourth-order valence-corrected chi connectivity index (χ4v) is 3.54. The van der Waals surface area contributed by atoms with Crippen LogP contribution in [0.4, 0.5) is 11.4 Å². The molecule has 0 aromatic heterocycles. The predicted octanol–water partition coefficient (Wildman–Crippen LogP) is 3.79. The highest BCUT2D eigenvalue weighted by Crippen LogP contribution is 2.40. The Bertz CT molecular complexity index is 1190. The van der Waals surface area contributed by atoms with Crippen LogP contribution in [0.1, 0.15) is 11.1 Å². The third-order valence-corrected chi connectivity index (χ3v) is 4.65. The van der Waals surface area contributed by atoms with Gasteiger partial charge in [-0.15, -0.1) is 0 Å². The second-order valence-electron chi connectivity index (χ2n) is 6.02. The second kappa shape index (κ2) is 3.92. The van der Waals surface area contributed by atoms with Crippen molar-refractivity contribution in [3.05, 3.63) is 80.8 Å². The summed E-state index contributed by atoms with van der Waals surface area (Å²) in [4.78, 5) is 9.77. The number of hydrogen-bond acceptors (Lipinski definition) is 2. The summed E-state index contributed by atoms with van der Waals surface area (Å²) in [6.07, 6.45) is 0. The van der Waals surface area contributed by atoms with E-state index in [1.807, 2.05) is 0 Å². The van der Waals surface area contributed by atoms with Gasteiger partial charge in [0.05, 0.1) is 22.1 Å². The molecule has 3 aromatic carbocycles. The van der Waals surface area contributed by atoms with E-state index < -0.39 is 0 Å². The molecule has 5 rings (SSSR count). The SMILES string of the molecule is Cc1cccc2c1N=c1ccc3c(c1-2)N=c1c(C)cccc1=3. The summed E-state index contributed by atoms with van der Waals surface area (Å²) in [5.41, 5.74) is 7.01. The summed E-state index contributed by atoms with van der Waals surface area (Å²) in [6, 6.07) is 17.0. The average molecular weight is 282 g/mol. The zero-order chi connectivity index (χ0) is 14.8. The molecule has 0 bridgehead atoms. The monoisotopic (exact) mass is 282 g/mol. The Labute approximate surface area is 127 Å². The van der Waals surface area contributed by atoms with Crippen molar-refractivity contribution in [2.75, 3.05) is 0 Å². The molecular formula is C20H14N2. The van der Waals surface area contributed by atoms with Gasteiger partial charge in [-0.05, 0) is 37.1 Å². The Balaban J connectivity index is 2.01. The van der Waals surface area contributed by atoms with E-state index in [1.54, 1.807) is 0 Å². The lowest BCUT2D eigenvalue weighted by molar-refractivity contribution is 1.28. The molecule has 0 atom stereocenters. The molecule has 2 heteroatoms. The molecule has 0 unspecified atom stereocenters. The van der Waals surface area contributed by atoms with Crippen LogP contribution < -0.4 is 10.7 Å². The molecule has 0 N–H and O–H groups in total. The van der Waals surface area contributed by atoms with Gasteiger partial charge in [0.1, 0.15) is 0 Å². The van der Waals surface area contributed by atoms with Crippen LogP contribution in [0.25, 0.3) is 11.1 Å². The minimum atomic E-state index is 1.04. The fourth-order valence-electron chi connectivity index (χ4n) is 3.54. The van der Waals surface area contributed by atoms with Crippen molar-refractivity contribution in [1.82, 2.24) is 0 Å². The van der Waals surface area contributed by atoms with Gasteiger partial charge in [-0.3, -0.25) is 0 Å². The molecule has 0 saturated carbocycles. The third-order valence-electron chi connectivity index (χ3n) is 4.65. The van der Waals surface area contributed by atoms with Crippen LogP contribution in [0.15, 0.2) is 58.5 Å². The van der Waals surface area contributed by atoms with E-state index in [0.29, 0.717) is 0 Å². The molecule has 0 amide bonds. The lowest BCUT2D eigenvalue weighted by atomic mass is 10.0. The highest BCUT2D eigenvalue weighted by atomic mass is 14.8. The molecule has 0 radical (unpaired) electrons. The van der Waals surface area contributed by atoms with Gasteiger partial charge in [0.25, 0.3) is 0 Å². The van der Waals surface area contributed by atoms with E-state index >= 15 is 0 Å². The van der Waals surface area contributed by atoms with Gasteiger partial charge in [-0.25, -0.2) is 9.98 Å². The Hall–Kier alpha value is -2.74. The molecule has 0 saturated heterocycles. The normalized spacial score (nSPS) is 12.8. The quantitative estimate of drug-likeness (QED) is 0.413. The molecule has 2 aliphatic rings. The van der Waals surface area contributed by atoms with Gasteiger partial charge in [0, 0.05) is 21.6 Å². The molecule has 3 aromatic rings. The standard InChI is InChI=1S/C20H14N2/c1-11-5-3-7-13-14-9-10-16-17(20(14)22-18(11)13)15-8-4-6-12(2)19(15)21-16/h3-10H,1-2H3. The summed E-state index contributed by atoms with van der Waals surface area (Å²) < 4.78 is 0. The van der Waals surface area contributed by atoms with Crippen LogP contribution in [-0.4, -0.2) is 0 Å². The Morgan fingerprint density at radius 3 is 2.41 bits per heavy atom. The molecule has 2 nitrogen and oxygen atoms in total. The summed E-state index contributed by atoms with van der Waals surface area (Å²) in [7, 11) is 0. The van der Waals surface area contributed by atoms with Crippen LogP contribution in [0.3, 0.4) is 0 Å². The summed E-state index contributed by atoms with van der Waals surface area (Å²) in [5.74, 6) is 0. The first kappa shape index (κ1) is 11.9. The second-order valence-corrected chi connectivity index (χ2v) is 6.02. The molecule has 0 fully saturated rings. The zero-order valence-electron chi connectivity index (χ0n) is 12.5.